The number of H-pyrrole nitrogens is 1. The molecule has 0 aliphatic rings. The zero-order chi connectivity index (χ0) is 24.1. The van der Waals surface area contributed by atoms with Gasteiger partial charge in [-0.2, -0.15) is 10.4 Å². The molecule has 2 aromatic carbocycles. The quantitative estimate of drug-likeness (QED) is 0.371. The number of benzene rings is 2. The molecule has 10 heteroatoms. The van der Waals surface area contributed by atoms with Crippen LogP contribution in [-0.2, 0) is 16.1 Å². The number of nitrogens with zero attached hydrogens (tertiary/aromatic N) is 3. The fraction of sp³-hybridized carbons (Fsp3) is 0.261. The molecule has 0 atom stereocenters. The molecule has 33 heavy (non-hydrogen) atoms. The summed E-state index contributed by atoms with van der Waals surface area (Å²) < 4.78 is 60.2. The SMILES string of the molecule is CC(C)(CC#N)c1c(C(F)(F)CC(=O)O)c2cc3[nH]ncc3cc2n1-c1ccc(F)c(F)c1. The molecule has 0 saturated carbocycles. The Bertz CT molecular complexity index is 1450. The van der Waals surface area contributed by atoms with Gasteiger partial charge in [-0.3, -0.25) is 9.89 Å². The lowest BCUT2D eigenvalue weighted by molar-refractivity contribution is -0.145. The number of rotatable bonds is 6. The summed E-state index contributed by atoms with van der Waals surface area (Å²) in [5.74, 6) is -7.83. The van der Waals surface area contributed by atoms with Gasteiger partial charge in [-0.15, -0.1) is 0 Å². The predicted molar refractivity (Wildman–Crippen MR) is 112 cm³/mol. The number of halogens is 4. The van der Waals surface area contributed by atoms with E-state index in [4.69, 9.17) is 5.11 Å². The van der Waals surface area contributed by atoms with Crippen LogP contribution in [0.5, 0.6) is 0 Å². The molecule has 2 N–H and O–H groups in total. The van der Waals surface area contributed by atoms with Crippen molar-refractivity contribution in [1.82, 2.24) is 14.8 Å². The average molecular weight is 458 g/mol. The first-order valence-corrected chi connectivity index (χ1v) is 9.91. The van der Waals surface area contributed by atoms with Crippen molar-refractivity contribution in [2.75, 3.05) is 0 Å². The van der Waals surface area contributed by atoms with Gasteiger partial charge in [0.2, 0.25) is 0 Å². The maximum Gasteiger partial charge on any atom is 0.309 e. The number of nitrogens with one attached hydrogen (secondary N) is 1. The van der Waals surface area contributed by atoms with Crippen molar-refractivity contribution >= 4 is 27.8 Å². The minimum absolute atomic E-state index is 0.0174. The molecule has 2 aromatic heterocycles. The molecule has 0 spiro atoms. The first-order valence-electron chi connectivity index (χ1n) is 9.91. The summed E-state index contributed by atoms with van der Waals surface area (Å²) >= 11 is 0. The van der Waals surface area contributed by atoms with E-state index < -0.39 is 40.9 Å². The summed E-state index contributed by atoms with van der Waals surface area (Å²) in [6.45, 7) is 3.13. The van der Waals surface area contributed by atoms with E-state index in [2.05, 4.69) is 10.2 Å². The minimum Gasteiger partial charge on any atom is -0.481 e. The van der Waals surface area contributed by atoms with Crippen molar-refractivity contribution in [2.24, 2.45) is 0 Å². The topological polar surface area (TPSA) is 94.7 Å². The maximum absolute atomic E-state index is 15.5. The fourth-order valence-electron chi connectivity index (χ4n) is 4.19. The number of hydrogen-bond donors (Lipinski definition) is 2. The highest BCUT2D eigenvalue weighted by molar-refractivity contribution is 5.99. The summed E-state index contributed by atoms with van der Waals surface area (Å²) in [6, 6.07) is 7.94. The highest BCUT2D eigenvalue weighted by Gasteiger charge is 2.44. The van der Waals surface area contributed by atoms with Crippen LogP contribution >= 0.6 is 0 Å². The van der Waals surface area contributed by atoms with Crippen LogP contribution in [0.15, 0.2) is 36.5 Å². The van der Waals surface area contributed by atoms with Gasteiger partial charge in [0.1, 0.15) is 6.42 Å². The molecular weight excluding hydrogens is 440 g/mol. The molecule has 4 aromatic rings. The third kappa shape index (κ3) is 3.69. The number of carboxylic acids is 1. The van der Waals surface area contributed by atoms with E-state index >= 15 is 8.78 Å². The maximum atomic E-state index is 15.5. The summed E-state index contributed by atoms with van der Waals surface area (Å²) in [7, 11) is 0. The van der Waals surface area contributed by atoms with E-state index in [-0.39, 0.29) is 28.7 Å². The Morgan fingerprint density at radius 2 is 1.94 bits per heavy atom. The van der Waals surface area contributed by atoms with Gasteiger partial charge in [-0.25, -0.2) is 17.6 Å². The Hall–Kier alpha value is -3.87. The van der Waals surface area contributed by atoms with Gasteiger partial charge < -0.3 is 9.67 Å². The van der Waals surface area contributed by atoms with Crippen LogP contribution in [0.4, 0.5) is 17.6 Å². The molecular formula is C23H18F4N4O2. The first kappa shape index (κ1) is 22.3. The molecule has 0 bridgehead atoms. The van der Waals surface area contributed by atoms with Crippen molar-refractivity contribution < 1.29 is 27.5 Å². The van der Waals surface area contributed by atoms with Gasteiger partial charge in [0, 0.05) is 40.1 Å². The Morgan fingerprint density at radius 3 is 2.58 bits per heavy atom. The third-order valence-electron chi connectivity index (χ3n) is 5.59. The number of nitriles is 1. The molecule has 0 aliphatic heterocycles. The molecule has 0 saturated heterocycles. The molecule has 0 fully saturated rings. The summed E-state index contributed by atoms with van der Waals surface area (Å²) in [5.41, 5.74) is -1.14. The summed E-state index contributed by atoms with van der Waals surface area (Å²) in [6.07, 6.45) is -0.199. The van der Waals surface area contributed by atoms with Crippen LogP contribution in [-0.4, -0.2) is 25.8 Å². The lowest BCUT2D eigenvalue weighted by atomic mass is 9.81. The van der Waals surface area contributed by atoms with E-state index in [0.717, 1.165) is 12.1 Å². The second-order valence-electron chi connectivity index (χ2n) is 8.48. The largest absolute Gasteiger partial charge is 0.481 e. The van der Waals surface area contributed by atoms with E-state index in [1.165, 1.54) is 22.9 Å². The number of carboxylic acid groups (broad SMARTS) is 1. The summed E-state index contributed by atoms with van der Waals surface area (Å²) in [4.78, 5) is 11.3. The number of aliphatic carboxylic acids is 1. The van der Waals surface area contributed by atoms with Crippen LogP contribution < -0.4 is 0 Å². The minimum atomic E-state index is -3.83. The Balaban J connectivity index is 2.23. The van der Waals surface area contributed by atoms with Crippen molar-refractivity contribution in [3.8, 4) is 11.8 Å². The second kappa shape index (κ2) is 7.62. The molecule has 170 valence electrons. The molecule has 2 heterocycles. The highest BCUT2D eigenvalue weighted by atomic mass is 19.3. The van der Waals surface area contributed by atoms with Crippen LogP contribution in [0.25, 0.3) is 27.5 Å². The average Bonchev–Trinajstić information content (AvgIpc) is 3.29. The van der Waals surface area contributed by atoms with Crippen LogP contribution in [0.3, 0.4) is 0 Å². The number of hydrogen-bond acceptors (Lipinski definition) is 3. The van der Waals surface area contributed by atoms with E-state index in [1.54, 1.807) is 19.9 Å². The third-order valence-corrected chi connectivity index (χ3v) is 5.59. The van der Waals surface area contributed by atoms with E-state index in [9.17, 15) is 18.8 Å². The van der Waals surface area contributed by atoms with Crippen molar-refractivity contribution in [1.29, 1.82) is 5.26 Å². The molecule has 4 rings (SSSR count). The molecule has 0 aliphatic carbocycles. The van der Waals surface area contributed by atoms with Gasteiger partial charge in [0.25, 0.3) is 5.92 Å². The number of carbonyl (C=O) groups is 1. The van der Waals surface area contributed by atoms with Crippen molar-refractivity contribution in [3.05, 3.63) is 59.4 Å². The monoisotopic (exact) mass is 458 g/mol. The Kier molecular flexibility index (Phi) is 5.16. The van der Waals surface area contributed by atoms with Gasteiger partial charge in [0.15, 0.2) is 11.6 Å². The number of fused-ring (bicyclic) bond motifs is 2. The molecule has 0 unspecified atom stereocenters. The second-order valence-corrected chi connectivity index (χ2v) is 8.48. The van der Waals surface area contributed by atoms with Crippen LogP contribution in [0, 0.1) is 23.0 Å². The number of aromatic amines is 1. The fourth-order valence-corrected chi connectivity index (χ4v) is 4.19. The molecule has 0 radical (unpaired) electrons. The normalized spacial score (nSPS) is 12.4. The van der Waals surface area contributed by atoms with Crippen molar-refractivity contribution in [3.63, 3.8) is 0 Å². The number of aromatic nitrogens is 3. The lowest BCUT2D eigenvalue weighted by Crippen LogP contribution is -2.28. The Labute approximate surface area is 185 Å². The van der Waals surface area contributed by atoms with Crippen molar-refractivity contribution in [2.45, 2.75) is 38.0 Å². The first-order chi connectivity index (χ1) is 15.5. The highest BCUT2D eigenvalue weighted by Crippen LogP contribution is 2.47. The number of alkyl halides is 2. The van der Waals surface area contributed by atoms with Gasteiger partial charge in [-0.1, -0.05) is 13.8 Å². The Morgan fingerprint density at radius 1 is 1.21 bits per heavy atom. The molecule has 0 amide bonds. The van der Waals surface area contributed by atoms with Crippen LogP contribution in [0.2, 0.25) is 0 Å². The van der Waals surface area contributed by atoms with Crippen LogP contribution in [0.1, 0.15) is 37.9 Å². The smallest absolute Gasteiger partial charge is 0.309 e. The predicted octanol–water partition coefficient (Wildman–Crippen LogP) is 5.54. The molecule has 6 nitrogen and oxygen atoms in total. The zero-order valence-electron chi connectivity index (χ0n) is 17.6. The standard InChI is InChI=1S/C23H18F4N4O2/c1-22(2,5-6-28)21-20(23(26,27)10-19(32)33)14-9-17-12(11-29-30-17)7-18(14)31(21)13-3-4-15(24)16(25)8-13/h3-4,7-9,11H,5,10H2,1-2H3,(H,29,30)(H,32,33). The van der Waals surface area contributed by atoms with E-state index in [1.807, 2.05) is 6.07 Å². The van der Waals surface area contributed by atoms with Gasteiger partial charge in [0.05, 0.1) is 28.9 Å². The van der Waals surface area contributed by atoms with Gasteiger partial charge >= 0.3 is 5.97 Å². The van der Waals surface area contributed by atoms with E-state index in [0.29, 0.717) is 10.9 Å². The van der Waals surface area contributed by atoms with Gasteiger partial charge in [-0.05, 0) is 24.3 Å². The lowest BCUT2D eigenvalue weighted by Gasteiger charge is -2.28. The zero-order valence-corrected chi connectivity index (χ0v) is 17.6. The summed E-state index contributed by atoms with van der Waals surface area (Å²) in [5, 5.41) is 25.7.